The fraction of sp³-hybridized carbons (Fsp3) is 0.143. The van der Waals surface area contributed by atoms with E-state index >= 15 is 0 Å². The third-order valence-corrected chi connectivity index (χ3v) is 1.71. The lowest BCUT2D eigenvalue weighted by molar-refractivity contribution is 0.630. The summed E-state index contributed by atoms with van der Waals surface area (Å²) in [5.41, 5.74) is 5.60. The van der Waals surface area contributed by atoms with E-state index in [4.69, 9.17) is 5.73 Å². The van der Waals surface area contributed by atoms with Crippen molar-refractivity contribution >= 4 is 21.6 Å². The summed E-state index contributed by atoms with van der Waals surface area (Å²) in [4.78, 5) is 0. The molecule has 0 aliphatic carbocycles. The molecule has 0 fully saturated rings. The fourth-order valence-electron chi connectivity index (χ4n) is 0.743. The van der Waals surface area contributed by atoms with Crippen LogP contribution >= 0.6 is 15.9 Å². The minimum Gasteiger partial charge on any atom is -0.370 e. The molecular formula is C7H8BrFN2. The van der Waals surface area contributed by atoms with Crippen LogP contribution in [0.1, 0.15) is 0 Å². The first-order chi connectivity index (χ1) is 5.24. The lowest BCUT2D eigenvalue weighted by Crippen LogP contribution is -2.11. The molecule has 0 atom stereocenters. The van der Waals surface area contributed by atoms with E-state index in [9.17, 15) is 4.39 Å². The van der Waals surface area contributed by atoms with Crippen molar-refractivity contribution in [2.75, 3.05) is 12.0 Å². The van der Waals surface area contributed by atoms with Crippen molar-refractivity contribution in [3.05, 3.63) is 28.5 Å². The van der Waals surface area contributed by atoms with Gasteiger partial charge in [-0.25, -0.2) is 4.39 Å². The molecule has 4 heteroatoms. The fourth-order valence-corrected chi connectivity index (χ4v) is 1.10. The monoisotopic (exact) mass is 218 g/mol. The van der Waals surface area contributed by atoms with Crippen LogP contribution in [-0.2, 0) is 0 Å². The molecule has 60 valence electrons. The zero-order valence-electron chi connectivity index (χ0n) is 5.77. The van der Waals surface area contributed by atoms with Gasteiger partial charge in [0.2, 0.25) is 0 Å². The van der Waals surface area contributed by atoms with E-state index in [1.165, 1.54) is 6.07 Å². The molecule has 0 heterocycles. The van der Waals surface area contributed by atoms with E-state index in [0.29, 0.717) is 5.69 Å². The zero-order valence-corrected chi connectivity index (χ0v) is 7.36. The van der Waals surface area contributed by atoms with Crippen LogP contribution in [0.2, 0.25) is 0 Å². The van der Waals surface area contributed by atoms with Gasteiger partial charge in [0, 0.05) is 4.47 Å². The summed E-state index contributed by atoms with van der Waals surface area (Å²) in [6.07, 6.45) is 0. The predicted molar refractivity (Wildman–Crippen MR) is 46.8 cm³/mol. The molecular weight excluding hydrogens is 211 g/mol. The van der Waals surface area contributed by atoms with Gasteiger partial charge in [0.05, 0.1) is 12.4 Å². The van der Waals surface area contributed by atoms with Crippen LogP contribution in [-0.4, -0.2) is 6.67 Å². The van der Waals surface area contributed by atoms with Gasteiger partial charge in [-0.1, -0.05) is 15.9 Å². The van der Waals surface area contributed by atoms with Crippen molar-refractivity contribution in [2.24, 2.45) is 5.73 Å². The molecule has 0 saturated heterocycles. The zero-order chi connectivity index (χ0) is 8.27. The lowest BCUT2D eigenvalue weighted by Gasteiger charge is -2.03. The van der Waals surface area contributed by atoms with Crippen molar-refractivity contribution in [2.45, 2.75) is 0 Å². The second-order valence-corrected chi connectivity index (χ2v) is 2.92. The van der Waals surface area contributed by atoms with E-state index in [1.807, 2.05) is 0 Å². The average molecular weight is 219 g/mol. The Morgan fingerprint density at radius 1 is 1.55 bits per heavy atom. The Balaban J connectivity index is 2.93. The second kappa shape index (κ2) is 3.69. The summed E-state index contributed by atoms with van der Waals surface area (Å²) in [6.45, 7) is 0.230. The molecule has 2 nitrogen and oxygen atoms in total. The molecule has 0 radical (unpaired) electrons. The number of hydrogen-bond donors (Lipinski definition) is 2. The largest absolute Gasteiger partial charge is 0.370 e. The summed E-state index contributed by atoms with van der Waals surface area (Å²) in [7, 11) is 0. The molecule has 3 N–H and O–H groups in total. The highest BCUT2D eigenvalue weighted by Crippen LogP contribution is 2.19. The van der Waals surface area contributed by atoms with Crippen LogP contribution in [0, 0.1) is 5.82 Å². The Labute approximate surface area is 72.7 Å². The Hall–Kier alpha value is -0.610. The molecule has 0 amide bonds. The first kappa shape index (κ1) is 8.49. The SMILES string of the molecule is NCNc1cc(Br)ccc1F. The Bertz CT molecular complexity index is 252. The molecule has 1 rings (SSSR count). The summed E-state index contributed by atoms with van der Waals surface area (Å²) >= 11 is 3.22. The minimum atomic E-state index is -0.293. The number of benzene rings is 1. The summed E-state index contributed by atoms with van der Waals surface area (Å²) in [5.74, 6) is -0.293. The highest BCUT2D eigenvalue weighted by molar-refractivity contribution is 9.10. The molecule has 1 aromatic rings. The average Bonchev–Trinajstić information content (AvgIpc) is 1.98. The van der Waals surface area contributed by atoms with Gasteiger partial charge < -0.3 is 11.1 Å². The van der Waals surface area contributed by atoms with E-state index in [1.54, 1.807) is 12.1 Å². The minimum absolute atomic E-state index is 0.230. The van der Waals surface area contributed by atoms with Crippen molar-refractivity contribution in [1.29, 1.82) is 0 Å². The quantitative estimate of drug-likeness (QED) is 0.745. The van der Waals surface area contributed by atoms with Crippen molar-refractivity contribution in [3.8, 4) is 0 Å². The van der Waals surface area contributed by atoms with Gasteiger partial charge in [-0.05, 0) is 18.2 Å². The molecule has 11 heavy (non-hydrogen) atoms. The van der Waals surface area contributed by atoms with Crippen LogP contribution in [0.15, 0.2) is 22.7 Å². The summed E-state index contributed by atoms with van der Waals surface area (Å²) < 4.78 is 13.6. The predicted octanol–water partition coefficient (Wildman–Crippen LogP) is 1.92. The van der Waals surface area contributed by atoms with E-state index in [2.05, 4.69) is 21.2 Å². The third-order valence-electron chi connectivity index (χ3n) is 1.22. The highest BCUT2D eigenvalue weighted by Gasteiger charge is 1.99. The second-order valence-electron chi connectivity index (χ2n) is 2.01. The summed E-state index contributed by atoms with van der Waals surface area (Å²) in [5, 5.41) is 2.69. The number of anilines is 1. The van der Waals surface area contributed by atoms with Crippen LogP contribution in [0.4, 0.5) is 10.1 Å². The van der Waals surface area contributed by atoms with E-state index < -0.39 is 0 Å². The van der Waals surface area contributed by atoms with Crippen molar-refractivity contribution in [3.63, 3.8) is 0 Å². The van der Waals surface area contributed by atoms with Crippen LogP contribution in [0.25, 0.3) is 0 Å². The van der Waals surface area contributed by atoms with E-state index in [0.717, 1.165) is 4.47 Å². The summed E-state index contributed by atoms with van der Waals surface area (Å²) in [6, 6.07) is 4.65. The molecule has 0 aromatic heterocycles. The maximum Gasteiger partial charge on any atom is 0.146 e. The Morgan fingerprint density at radius 2 is 2.27 bits per heavy atom. The molecule has 0 aliphatic heterocycles. The smallest absolute Gasteiger partial charge is 0.146 e. The van der Waals surface area contributed by atoms with Gasteiger partial charge in [-0.2, -0.15) is 0 Å². The van der Waals surface area contributed by atoms with Crippen LogP contribution in [0.3, 0.4) is 0 Å². The molecule has 1 aromatic carbocycles. The van der Waals surface area contributed by atoms with Crippen molar-refractivity contribution in [1.82, 2.24) is 0 Å². The first-order valence-corrected chi connectivity index (χ1v) is 3.92. The van der Waals surface area contributed by atoms with Gasteiger partial charge in [0.1, 0.15) is 5.82 Å². The van der Waals surface area contributed by atoms with Gasteiger partial charge in [-0.3, -0.25) is 0 Å². The van der Waals surface area contributed by atoms with Crippen molar-refractivity contribution < 1.29 is 4.39 Å². The number of nitrogens with two attached hydrogens (primary N) is 1. The highest BCUT2D eigenvalue weighted by atomic mass is 79.9. The molecule has 0 aliphatic rings. The first-order valence-electron chi connectivity index (χ1n) is 3.13. The number of hydrogen-bond acceptors (Lipinski definition) is 2. The number of rotatable bonds is 2. The number of nitrogens with one attached hydrogen (secondary N) is 1. The maximum absolute atomic E-state index is 12.8. The normalized spacial score (nSPS) is 9.73. The number of halogens is 2. The van der Waals surface area contributed by atoms with Crippen LogP contribution in [0.5, 0.6) is 0 Å². The third kappa shape index (κ3) is 2.17. The Kier molecular flexibility index (Phi) is 2.84. The van der Waals surface area contributed by atoms with Gasteiger partial charge >= 0.3 is 0 Å². The standard InChI is InChI=1S/C7H8BrFN2/c8-5-1-2-6(9)7(3-5)11-4-10/h1-3,11H,4,10H2. The van der Waals surface area contributed by atoms with Gasteiger partial charge in [0.25, 0.3) is 0 Å². The van der Waals surface area contributed by atoms with Crippen LogP contribution < -0.4 is 11.1 Å². The van der Waals surface area contributed by atoms with E-state index in [-0.39, 0.29) is 12.5 Å². The molecule has 0 saturated carbocycles. The van der Waals surface area contributed by atoms with Gasteiger partial charge in [0.15, 0.2) is 0 Å². The maximum atomic E-state index is 12.8. The molecule has 0 spiro atoms. The lowest BCUT2D eigenvalue weighted by atomic mass is 10.3. The van der Waals surface area contributed by atoms with Gasteiger partial charge in [-0.15, -0.1) is 0 Å². The topological polar surface area (TPSA) is 38.0 Å². The Morgan fingerprint density at radius 3 is 2.91 bits per heavy atom. The molecule has 0 bridgehead atoms. The molecule has 0 unspecified atom stereocenters.